The molecule has 2 N–H and O–H groups in total. The monoisotopic (exact) mass is 305 g/mol. The highest BCUT2D eigenvalue weighted by atomic mass is 19.4. The number of hydrogen-bond acceptors (Lipinski definition) is 1. The molecule has 0 amide bonds. The number of guanidine groups is 1. The van der Waals surface area contributed by atoms with Crippen LogP contribution in [0.4, 0.5) is 13.2 Å². The molecular weight excluding hydrogens is 279 g/mol. The molecule has 4 atom stereocenters. The van der Waals surface area contributed by atoms with E-state index in [2.05, 4.69) is 22.5 Å². The van der Waals surface area contributed by atoms with Crippen LogP contribution >= 0.6 is 0 Å². The van der Waals surface area contributed by atoms with Gasteiger partial charge in [0.1, 0.15) is 0 Å². The van der Waals surface area contributed by atoms with Crippen LogP contribution < -0.4 is 10.6 Å². The number of nitrogens with zero attached hydrogens (tertiary/aromatic N) is 1. The molecule has 2 fully saturated rings. The number of nitrogens with one attached hydrogen (secondary N) is 2. The molecule has 0 radical (unpaired) electrons. The molecule has 0 saturated heterocycles. The molecule has 6 heteroatoms. The van der Waals surface area contributed by atoms with Crippen LogP contribution in [0.15, 0.2) is 4.99 Å². The summed E-state index contributed by atoms with van der Waals surface area (Å²) in [5.41, 5.74) is 0. The van der Waals surface area contributed by atoms with Gasteiger partial charge in [-0.1, -0.05) is 19.8 Å². The van der Waals surface area contributed by atoms with Crippen molar-refractivity contribution in [3.8, 4) is 0 Å². The lowest BCUT2D eigenvalue weighted by Crippen LogP contribution is -2.47. The number of aliphatic imine (C=N–C) groups is 1. The van der Waals surface area contributed by atoms with Crippen LogP contribution in [-0.2, 0) is 0 Å². The van der Waals surface area contributed by atoms with Crippen LogP contribution in [0.1, 0.15) is 51.9 Å². The fourth-order valence-electron chi connectivity index (χ4n) is 3.27. The molecule has 0 heterocycles. The predicted molar refractivity (Wildman–Crippen MR) is 78.2 cm³/mol. The van der Waals surface area contributed by atoms with E-state index in [1.54, 1.807) is 7.05 Å². The average Bonchev–Trinajstić information content (AvgIpc) is 3.16. The standard InChI is InChI=1S/C15H26F3N3/c1-3-5-10-8-13(10)21-14(19-2)20-12-7-4-6-11(9-12)15(16,17)18/h10-13H,3-9H2,1-2H3,(H2,19,20,21). The molecule has 2 saturated carbocycles. The molecule has 4 unspecified atom stereocenters. The molecule has 0 aromatic carbocycles. The summed E-state index contributed by atoms with van der Waals surface area (Å²) < 4.78 is 38.4. The Labute approximate surface area is 124 Å². The first-order valence-electron chi connectivity index (χ1n) is 8.00. The molecule has 2 aliphatic carbocycles. The lowest BCUT2D eigenvalue weighted by Gasteiger charge is -2.32. The van der Waals surface area contributed by atoms with E-state index in [0.717, 1.165) is 12.8 Å². The first-order valence-corrected chi connectivity index (χ1v) is 8.00. The second-order valence-corrected chi connectivity index (χ2v) is 6.35. The van der Waals surface area contributed by atoms with Gasteiger partial charge in [-0.3, -0.25) is 4.99 Å². The summed E-state index contributed by atoms with van der Waals surface area (Å²) in [6, 6.07) is 0.318. The van der Waals surface area contributed by atoms with Crippen LogP contribution in [0.5, 0.6) is 0 Å². The van der Waals surface area contributed by atoms with Gasteiger partial charge >= 0.3 is 6.18 Å². The van der Waals surface area contributed by atoms with E-state index < -0.39 is 12.1 Å². The zero-order chi connectivity index (χ0) is 15.5. The molecule has 0 bridgehead atoms. The smallest absolute Gasteiger partial charge is 0.354 e. The van der Waals surface area contributed by atoms with Crippen molar-refractivity contribution in [2.75, 3.05) is 7.05 Å². The number of alkyl halides is 3. The summed E-state index contributed by atoms with van der Waals surface area (Å²) in [5, 5.41) is 6.51. The van der Waals surface area contributed by atoms with Gasteiger partial charge in [0, 0.05) is 19.1 Å². The Morgan fingerprint density at radius 1 is 1.19 bits per heavy atom. The summed E-state index contributed by atoms with van der Waals surface area (Å²) in [5.74, 6) is 0.185. The number of hydrogen-bond donors (Lipinski definition) is 2. The fourth-order valence-corrected chi connectivity index (χ4v) is 3.27. The van der Waals surface area contributed by atoms with Crippen LogP contribution in [-0.4, -0.2) is 31.3 Å². The van der Waals surface area contributed by atoms with Gasteiger partial charge < -0.3 is 10.6 Å². The average molecular weight is 305 g/mol. The summed E-state index contributed by atoms with van der Waals surface area (Å²) in [6.07, 6.45) is 1.28. The summed E-state index contributed by atoms with van der Waals surface area (Å²) in [6.45, 7) is 2.17. The van der Waals surface area contributed by atoms with Crippen LogP contribution in [0, 0.1) is 11.8 Å². The van der Waals surface area contributed by atoms with Gasteiger partial charge in [-0.25, -0.2) is 0 Å². The maximum atomic E-state index is 12.8. The predicted octanol–water partition coefficient (Wildman–Crippen LogP) is 3.46. The van der Waals surface area contributed by atoms with Gasteiger partial charge in [-0.15, -0.1) is 0 Å². The zero-order valence-electron chi connectivity index (χ0n) is 12.8. The molecule has 122 valence electrons. The van der Waals surface area contributed by atoms with Crippen molar-refractivity contribution >= 4 is 5.96 Å². The molecule has 2 rings (SSSR count). The van der Waals surface area contributed by atoms with Gasteiger partial charge in [0.15, 0.2) is 5.96 Å². The molecule has 3 nitrogen and oxygen atoms in total. The van der Waals surface area contributed by atoms with E-state index in [9.17, 15) is 13.2 Å². The number of rotatable bonds is 4. The summed E-state index contributed by atoms with van der Waals surface area (Å²) in [7, 11) is 1.68. The van der Waals surface area contributed by atoms with Crippen molar-refractivity contribution in [1.82, 2.24) is 10.6 Å². The van der Waals surface area contributed by atoms with Crippen LogP contribution in [0.25, 0.3) is 0 Å². The van der Waals surface area contributed by atoms with Gasteiger partial charge in [0.2, 0.25) is 0 Å². The Balaban J connectivity index is 1.79. The zero-order valence-corrected chi connectivity index (χ0v) is 12.8. The maximum Gasteiger partial charge on any atom is 0.391 e. The first kappa shape index (κ1) is 16.4. The summed E-state index contributed by atoms with van der Waals surface area (Å²) >= 11 is 0. The second kappa shape index (κ2) is 6.88. The third kappa shape index (κ3) is 4.78. The minimum absolute atomic E-state index is 0.125. The SMILES string of the molecule is CCCC1CC1NC(=NC)NC1CCCC(C(F)(F)F)C1. The van der Waals surface area contributed by atoms with Crippen molar-refractivity contribution in [3.05, 3.63) is 0 Å². The molecular formula is C15H26F3N3. The highest BCUT2D eigenvalue weighted by Gasteiger charge is 2.42. The fraction of sp³-hybridized carbons (Fsp3) is 0.933. The third-order valence-electron chi connectivity index (χ3n) is 4.61. The van der Waals surface area contributed by atoms with Crippen molar-refractivity contribution in [2.45, 2.75) is 70.1 Å². The van der Waals surface area contributed by atoms with Gasteiger partial charge in [0.05, 0.1) is 5.92 Å². The second-order valence-electron chi connectivity index (χ2n) is 6.35. The number of halogens is 3. The molecule has 0 spiro atoms. The van der Waals surface area contributed by atoms with Crippen molar-refractivity contribution in [3.63, 3.8) is 0 Å². The normalized spacial score (nSPS) is 33.7. The largest absolute Gasteiger partial charge is 0.391 e. The van der Waals surface area contributed by atoms with E-state index in [0.29, 0.717) is 24.3 Å². The Morgan fingerprint density at radius 2 is 1.95 bits per heavy atom. The molecule has 0 aromatic rings. The molecule has 2 aliphatic rings. The van der Waals surface area contributed by atoms with E-state index in [1.807, 2.05) is 0 Å². The maximum absolute atomic E-state index is 12.8. The summed E-state index contributed by atoms with van der Waals surface area (Å²) in [4.78, 5) is 4.16. The first-order chi connectivity index (χ1) is 9.94. The van der Waals surface area contributed by atoms with E-state index in [-0.39, 0.29) is 18.9 Å². The third-order valence-corrected chi connectivity index (χ3v) is 4.61. The Morgan fingerprint density at radius 3 is 2.57 bits per heavy atom. The minimum Gasteiger partial charge on any atom is -0.354 e. The topological polar surface area (TPSA) is 36.4 Å². The quantitative estimate of drug-likeness (QED) is 0.616. The van der Waals surface area contributed by atoms with Crippen molar-refractivity contribution < 1.29 is 13.2 Å². The van der Waals surface area contributed by atoms with E-state index in [4.69, 9.17) is 0 Å². The molecule has 0 aliphatic heterocycles. The van der Waals surface area contributed by atoms with Crippen LogP contribution in [0.2, 0.25) is 0 Å². The van der Waals surface area contributed by atoms with Gasteiger partial charge in [-0.05, 0) is 38.0 Å². The Kier molecular flexibility index (Phi) is 5.38. The van der Waals surface area contributed by atoms with Gasteiger partial charge in [-0.2, -0.15) is 13.2 Å². The van der Waals surface area contributed by atoms with E-state index >= 15 is 0 Å². The lowest BCUT2D eigenvalue weighted by molar-refractivity contribution is -0.183. The van der Waals surface area contributed by atoms with Crippen molar-refractivity contribution in [1.29, 1.82) is 0 Å². The molecule has 21 heavy (non-hydrogen) atoms. The highest BCUT2D eigenvalue weighted by molar-refractivity contribution is 5.80. The van der Waals surface area contributed by atoms with Gasteiger partial charge in [0.25, 0.3) is 0 Å². The van der Waals surface area contributed by atoms with E-state index in [1.165, 1.54) is 12.8 Å². The molecule has 0 aromatic heterocycles. The van der Waals surface area contributed by atoms with Crippen molar-refractivity contribution in [2.24, 2.45) is 16.8 Å². The Hall–Kier alpha value is -0.940. The highest BCUT2D eigenvalue weighted by Crippen LogP contribution is 2.38. The Bertz CT molecular complexity index is 368. The lowest BCUT2D eigenvalue weighted by atomic mass is 9.85. The minimum atomic E-state index is -4.07. The van der Waals surface area contributed by atoms with Crippen LogP contribution in [0.3, 0.4) is 0 Å².